The van der Waals surface area contributed by atoms with Gasteiger partial charge in [-0.05, 0) is 37.1 Å². The Balaban J connectivity index is 2.03. The molecule has 0 saturated carbocycles. The highest BCUT2D eigenvalue weighted by Gasteiger charge is 2.10. The fourth-order valence-electron chi connectivity index (χ4n) is 2.12. The van der Waals surface area contributed by atoms with Crippen molar-refractivity contribution in [1.29, 1.82) is 0 Å². The molecule has 0 fully saturated rings. The van der Waals surface area contributed by atoms with Crippen LogP contribution in [0.4, 0.5) is 5.69 Å². The molecule has 21 heavy (non-hydrogen) atoms. The van der Waals surface area contributed by atoms with Gasteiger partial charge in [0.1, 0.15) is 10.8 Å². The van der Waals surface area contributed by atoms with E-state index in [4.69, 9.17) is 5.73 Å². The van der Waals surface area contributed by atoms with Gasteiger partial charge in [0, 0.05) is 28.3 Å². The Hall–Kier alpha value is -2.33. The van der Waals surface area contributed by atoms with Crippen molar-refractivity contribution >= 4 is 17.0 Å². The van der Waals surface area contributed by atoms with Gasteiger partial charge in [-0.1, -0.05) is 18.2 Å². The Morgan fingerprint density at radius 1 is 1.14 bits per heavy atom. The summed E-state index contributed by atoms with van der Waals surface area (Å²) in [5, 5.41) is 12.5. The van der Waals surface area contributed by atoms with Gasteiger partial charge in [0.15, 0.2) is 0 Å². The Labute approximate surface area is 127 Å². The number of nitrogens with two attached hydrogens (primary N) is 1. The lowest BCUT2D eigenvalue weighted by Crippen LogP contribution is -1.90. The quantitative estimate of drug-likeness (QED) is 0.697. The molecule has 105 valence electrons. The second-order valence-electron chi connectivity index (χ2n) is 5.01. The second kappa shape index (κ2) is 5.22. The van der Waals surface area contributed by atoms with E-state index in [-0.39, 0.29) is 5.75 Å². The fraction of sp³-hybridized carbons (Fsp3) is 0.118. The molecule has 4 heteroatoms. The summed E-state index contributed by atoms with van der Waals surface area (Å²) in [4.78, 5) is 4.64. The molecule has 1 aromatic heterocycles. The molecule has 0 amide bonds. The number of aryl methyl sites for hydroxylation is 2. The van der Waals surface area contributed by atoms with Gasteiger partial charge in [0.2, 0.25) is 0 Å². The van der Waals surface area contributed by atoms with Crippen molar-refractivity contribution in [2.75, 3.05) is 5.73 Å². The lowest BCUT2D eigenvalue weighted by atomic mass is 10.1. The van der Waals surface area contributed by atoms with Crippen LogP contribution < -0.4 is 5.73 Å². The van der Waals surface area contributed by atoms with Crippen molar-refractivity contribution in [3.05, 3.63) is 52.9 Å². The number of thiazole rings is 1. The van der Waals surface area contributed by atoms with Gasteiger partial charge in [-0.3, -0.25) is 0 Å². The maximum Gasteiger partial charge on any atom is 0.124 e. The number of aromatic hydroxyl groups is 1. The van der Waals surface area contributed by atoms with Crippen LogP contribution in [-0.4, -0.2) is 10.1 Å². The monoisotopic (exact) mass is 295 g/mol. The smallest absolute Gasteiger partial charge is 0.124 e. The normalized spacial score (nSPS) is 10.8. The summed E-state index contributed by atoms with van der Waals surface area (Å²) in [6.07, 6.45) is 0. The zero-order chi connectivity index (χ0) is 15.0. The van der Waals surface area contributed by atoms with Crippen LogP contribution >= 0.6 is 11.3 Å². The van der Waals surface area contributed by atoms with Gasteiger partial charge in [-0.25, -0.2) is 4.98 Å². The topological polar surface area (TPSA) is 59.1 Å². The zero-order valence-corrected chi connectivity index (χ0v) is 12.7. The minimum Gasteiger partial charge on any atom is -0.507 e. The van der Waals surface area contributed by atoms with Crippen LogP contribution in [0, 0.1) is 19.9 Å². The van der Waals surface area contributed by atoms with Gasteiger partial charge >= 0.3 is 0 Å². The Morgan fingerprint density at radius 2 is 1.90 bits per heavy atom. The number of rotatable bonds is 2. The van der Waals surface area contributed by atoms with E-state index in [0.717, 1.165) is 38.6 Å². The van der Waals surface area contributed by atoms with E-state index in [1.165, 1.54) is 0 Å². The van der Waals surface area contributed by atoms with Crippen LogP contribution in [0.1, 0.15) is 11.1 Å². The predicted octanol–water partition coefficient (Wildman–Crippen LogP) is 4.18. The summed E-state index contributed by atoms with van der Waals surface area (Å²) < 4.78 is 0. The number of nitrogen functional groups attached to an aromatic ring is 1. The number of hydrogen-bond donors (Lipinski definition) is 2. The zero-order valence-electron chi connectivity index (χ0n) is 11.8. The van der Waals surface area contributed by atoms with Gasteiger partial charge in [-0.2, -0.15) is 0 Å². The molecule has 0 saturated heterocycles. The third-order valence-electron chi connectivity index (χ3n) is 3.43. The standard InChI is InChI=1S/C17H15N2OS/c1-10-4-6-13(20)8-14(10)16-9-21-17(19-16)12-5-3-11(2)15(18)7-12/h3-7,9,20H,18H2,1-2H3. The van der Waals surface area contributed by atoms with E-state index in [0.29, 0.717) is 0 Å². The van der Waals surface area contributed by atoms with Crippen molar-refractivity contribution in [2.24, 2.45) is 0 Å². The van der Waals surface area contributed by atoms with Crippen LogP contribution in [0.25, 0.3) is 21.8 Å². The van der Waals surface area contributed by atoms with E-state index in [2.05, 4.69) is 11.1 Å². The molecule has 1 heterocycles. The lowest BCUT2D eigenvalue weighted by Gasteiger charge is -2.03. The first-order valence-corrected chi connectivity index (χ1v) is 7.47. The number of nitrogens with zero attached hydrogens (tertiary/aromatic N) is 1. The third kappa shape index (κ3) is 2.62. The lowest BCUT2D eigenvalue weighted by molar-refractivity contribution is 0.474. The van der Waals surface area contributed by atoms with Crippen molar-refractivity contribution in [2.45, 2.75) is 13.8 Å². The molecule has 3 aromatic rings. The van der Waals surface area contributed by atoms with Gasteiger partial charge < -0.3 is 10.8 Å². The molecule has 0 atom stereocenters. The minimum absolute atomic E-state index is 0.129. The van der Waals surface area contributed by atoms with E-state index >= 15 is 0 Å². The molecule has 0 aliphatic heterocycles. The summed E-state index contributed by atoms with van der Waals surface area (Å²) in [5.41, 5.74) is 11.5. The van der Waals surface area contributed by atoms with Crippen LogP contribution in [0.15, 0.2) is 35.7 Å². The highest BCUT2D eigenvalue weighted by Crippen LogP contribution is 2.32. The van der Waals surface area contributed by atoms with E-state index in [1.807, 2.05) is 43.5 Å². The van der Waals surface area contributed by atoms with Crippen LogP contribution in [-0.2, 0) is 0 Å². The Kier molecular flexibility index (Phi) is 3.39. The van der Waals surface area contributed by atoms with Gasteiger partial charge in [0.25, 0.3) is 0 Å². The first-order valence-electron chi connectivity index (χ1n) is 6.59. The molecule has 3 nitrogen and oxygen atoms in total. The number of phenols is 1. The molecule has 0 aliphatic rings. The van der Waals surface area contributed by atoms with Crippen molar-refractivity contribution in [3.8, 4) is 27.6 Å². The van der Waals surface area contributed by atoms with E-state index < -0.39 is 0 Å². The van der Waals surface area contributed by atoms with E-state index in [9.17, 15) is 5.11 Å². The van der Waals surface area contributed by atoms with Crippen LogP contribution in [0.2, 0.25) is 0 Å². The van der Waals surface area contributed by atoms with Crippen molar-refractivity contribution < 1.29 is 5.11 Å². The second-order valence-corrected chi connectivity index (χ2v) is 5.87. The molecule has 0 bridgehead atoms. The third-order valence-corrected chi connectivity index (χ3v) is 4.32. The molecule has 1 radical (unpaired) electrons. The number of phenolic OH excluding ortho intramolecular Hbond substituents is 1. The fourth-order valence-corrected chi connectivity index (χ4v) is 2.92. The maximum absolute atomic E-state index is 9.59. The largest absolute Gasteiger partial charge is 0.507 e. The average molecular weight is 295 g/mol. The molecule has 0 spiro atoms. The summed E-state index contributed by atoms with van der Waals surface area (Å²) in [6.45, 7) is 3.96. The molecule has 3 N–H and O–H groups in total. The molecule has 3 rings (SSSR count). The highest BCUT2D eigenvalue weighted by atomic mass is 32.1. The van der Waals surface area contributed by atoms with Crippen LogP contribution in [0.5, 0.6) is 5.75 Å². The van der Waals surface area contributed by atoms with Crippen molar-refractivity contribution in [3.63, 3.8) is 0 Å². The van der Waals surface area contributed by atoms with Gasteiger partial charge in [0.05, 0.1) is 5.69 Å². The maximum atomic E-state index is 9.59. The molecular formula is C17H15N2OS. The average Bonchev–Trinajstić information content (AvgIpc) is 2.94. The number of hydrogen-bond acceptors (Lipinski definition) is 4. The van der Waals surface area contributed by atoms with E-state index in [1.54, 1.807) is 17.4 Å². The predicted molar refractivity (Wildman–Crippen MR) is 87.4 cm³/mol. The first kappa shape index (κ1) is 13.6. The highest BCUT2D eigenvalue weighted by molar-refractivity contribution is 7.13. The Morgan fingerprint density at radius 3 is 2.67 bits per heavy atom. The number of anilines is 1. The molecule has 2 aromatic carbocycles. The summed E-state index contributed by atoms with van der Waals surface area (Å²) in [6, 6.07) is 12.4. The van der Waals surface area contributed by atoms with Crippen LogP contribution in [0.3, 0.4) is 0 Å². The Bertz CT molecular complexity index is 808. The summed E-state index contributed by atoms with van der Waals surface area (Å²) in [5.74, 6) is 0.129. The summed E-state index contributed by atoms with van der Waals surface area (Å²) in [7, 11) is 0. The number of aromatic nitrogens is 1. The minimum atomic E-state index is 0.129. The number of benzene rings is 2. The van der Waals surface area contributed by atoms with Gasteiger partial charge in [-0.15, -0.1) is 11.3 Å². The molecule has 0 aliphatic carbocycles. The molecular weight excluding hydrogens is 280 g/mol. The SMILES string of the molecule is Cc1ccc(O)[c]c1-c1csc(-c2ccc(C)c(N)c2)n1. The first-order chi connectivity index (χ1) is 10.0. The summed E-state index contributed by atoms with van der Waals surface area (Å²) >= 11 is 1.56. The van der Waals surface area contributed by atoms with Crippen molar-refractivity contribution in [1.82, 2.24) is 4.98 Å². The molecule has 0 unspecified atom stereocenters.